The lowest BCUT2D eigenvalue weighted by atomic mass is 10.1. The van der Waals surface area contributed by atoms with E-state index in [0.29, 0.717) is 42.0 Å². The third-order valence-electron chi connectivity index (χ3n) is 6.69. The van der Waals surface area contributed by atoms with Crippen LogP contribution in [0.25, 0.3) is 22.1 Å². The number of benzene rings is 3. The average molecular weight is 495 g/mol. The van der Waals surface area contributed by atoms with Crippen LogP contribution in [0.4, 0.5) is 0 Å². The number of amides is 1. The minimum Gasteiger partial charge on any atom is -0.448 e. The van der Waals surface area contributed by atoms with Gasteiger partial charge in [0.25, 0.3) is 11.5 Å². The minimum absolute atomic E-state index is 0.144. The highest BCUT2D eigenvalue weighted by molar-refractivity contribution is 6.02. The summed E-state index contributed by atoms with van der Waals surface area (Å²) in [7, 11) is 0. The van der Waals surface area contributed by atoms with E-state index in [9.17, 15) is 9.59 Å². The van der Waals surface area contributed by atoms with Gasteiger partial charge in [-0.1, -0.05) is 67.1 Å². The molecular formula is C30H30N4O3. The highest BCUT2D eigenvalue weighted by Gasteiger charge is 2.30. The maximum absolute atomic E-state index is 13.9. The molecular weight excluding hydrogens is 464 g/mol. The van der Waals surface area contributed by atoms with E-state index in [4.69, 9.17) is 15.1 Å². The second kappa shape index (κ2) is 10.4. The Balaban J connectivity index is 1.71. The van der Waals surface area contributed by atoms with Gasteiger partial charge in [0.2, 0.25) is 5.58 Å². The van der Waals surface area contributed by atoms with Crippen LogP contribution in [-0.4, -0.2) is 33.4 Å². The van der Waals surface area contributed by atoms with E-state index < -0.39 is 6.04 Å². The number of carbonyl (C=O) groups is 1. The number of fused-ring (bicyclic) bond motifs is 3. The molecule has 0 aliphatic heterocycles. The van der Waals surface area contributed by atoms with Crippen LogP contribution in [-0.2, 0) is 6.54 Å². The van der Waals surface area contributed by atoms with E-state index in [-0.39, 0.29) is 23.6 Å². The summed E-state index contributed by atoms with van der Waals surface area (Å²) in [5, 5.41) is 0.771. The summed E-state index contributed by atoms with van der Waals surface area (Å²) in [6.07, 6.45) is 0.556. The summed E-state index contributed by atoms with van der Waals surface area (Å²) < 4.78 is 7.61. The van der Waals surface area contributed by atoms with Crippen LogP contribution < -0.4 is 11.3 Å². The van der Waals surface area contributed by atoms with Gasteiger partial charge in [0.05, 0.1) is 12.6 Å². The number of hydrogen-bond acceptors (Lipinski definition) is 5. The Kier molecular flexibility index (Phi) is 6.88. The first kappa shape index (κ1) is 24.5. The molecule has 0 aliphatic carbocycles. The molecule has 1 unspecified atom stereocenters. The molecule has 188 valence electrons. The van der Waals surface area contributed by atoms with Crippen LogP contribution in [0.1, 0.15) is 46.7 Å². The predicted molar refractivity (Wildman–Crippen MR) is 146 cm³/mol. The molecule has 7 nitrogen and oxygen atoms in total. The standard InChI is InChI=1S/C30H30N4O3/c1-3-24(33(18-17-31)29(35)22-15-13-20(2)14-16-22)28-32-26-23-11-7-8-12-25(23)37-27(26)30(36)34(28)19-21-9-5-4-6-10-21/h4-16,24H,3,17-19,31H2,1-2H3. The number of nitrogens with two attached hydrogens (primary N) is 1. The Morgan fingerprint density at radius 3 is 2.43 bits per heavy atom. The zero-order valence-electron chi connectivity index (χ0n) is 21.1. The fourth-order valence-corrected chi connectivity index (χ4v) is 4.80. The molecule has 0 aliphatic rings. The van der Waals surface area contributed by atoms with Crippen LogP contribution in [0, 0.1) is 6.92 Å². The van der Waals surface area contributed by atoms with E-state index >= 15 is 0 Å². The quantitative estimate of drug-likeness (QED) is 0.326. The zero-order valence-corrected chi connectivity index (χ0v) is 21.1. The highest BCUT2D eigenvalue weighted by Crippen LogP contribution is 2.30. The third-order valence-corrected chi connectivity index (χ3v) is 6.69. The molecule has 0 saturated heterocycles. The van der Waals surface area contributed by atoms with Crippen molar-refractivity contribution in [3.05, 3.63) is 112 Å². The first-order valence-corrected chi connectivity index (χ1v) is 12.6. The van der Waals surface area contributed by atoms with E-state index in [2.05, 4.69) is 0 Å². The van der Waals surface area contributed by atoms with Crippen molar-refractivity contribution in [2.45, 2.75) is 32.9 Å². The summed E-state index contributed by atoms with van der Waals surface area (Å²) >= 11 is 0. The molecule has 2 heterocycles. The van der Waals surface area contributed by atoms with Gasteiger partial charge in [-0.25, -0.2) is 4.98 Å². The number of aryl methyl sites for hydroxylation is 1. The summed E-state index contributed by atoms with van der Waals surface area (Å²) in [4.78, 5) is 34.4. The summed E-state index contributed by atoms with van der Waals surface area (Å²) in [6, 6.07) is 24.3. The smallest absolute Gasteiger partial charge is 0.297 e. The number of hydrogen-bond donors (Lipinski definition) is 1. The SMILES string of the molecule is CCC(c1nc2c(oc3ccccc32)c(=O)n1Cc1ccccc1)N(CCN)C(=O)c1ccc(C)cc1. The van der Waals surface area contributed by atoms with Gasteiger partial charge in [0, 0.05) is 24.0 Å². The van der Waals surface area contributed by atoms with Gasteiger partial charge in [-0.2, -0.15) is 0 Å². The van der Waals surface area contributed by atoms with Gasteiger partial charge < -0.3 is 15.1 Å². The molecule has 3 aromatic carbocycles. The van der Waals surface area contributed by atoms with Crippen LogP contribution >= 0.6 is 0 Å². The maximum Gasteiger partial charge on any atom is 0.297 e. The first-order valence-electron chi connectivity index (χ1n) is 12.6. The molecule has 37 heavy (non-hydrogen) atoms. The molecule has 0 spiro atoms. The van der Waals surface area contributed by atoms with Gasteiger partial charge in [-0.15, -0.1) is 0 Å². The number of rotatable bonds is 8. The molecule has 0 bridgehead atoms. The molecule has 2 aromatic heterocycles. The molecule has 1 amide bonds. The Morgan fingerprint density at radius 1 is 1.03 bits per heavy atom. The lowest BCUT2D eigenvalue weighted by molar-refractivity contribution is 0.0664. The van der Waals surface area contributed by atoms with Crippen LogP contribution in [0.3, 0.4) is 0 Å². The van der Waals surface area contributed by atoms with Gasteiger partial charge in [0.1, 0.15) is 16.9 Å². The van der Waals surface area contributed by atoms with Gasteiger partial charge in [-0.3, -0.25) is 14.2 Å². The number of carbonyl (C=O) groups excluding carboxylic acids is 1. The van der Waals surface area contributed by atoms with Crippen molar-refractivity contribution in [2.75, 3.05) is 13.1 Å². The molecule has 5 rings (SSSR count). The summed E-state index contributed by atoms with van der Waals surface area (Å²) in [5.74, 6) is 0.374. The Labute approximate surface area is 215 Å². The number of nitrogens with zero attached hydrogens (tertiary/aromatic N) is 3. The van der Waals surface area contributed by atoms with Crippen LogP contribution in [0.5, 0.6) is 0 Å². The van der Waals surface area contributed by atoms with Crippen molar-refractivity contribution < 1.29 is 9.21 Å². The first-order chi connectivity index (χ1) is 18.0. The lowest BCUT2D eigenvalue weighted by Gasteiger charge is -2.32. The normalized spacial score (nSPS) is 12.2. The van der Waals surface area contributed by atoms with E-state index in [0.717, 1.165) is 16.5 Å². The highest BCUT2D eigenvalue weighted by atomic mass is 16.3. The van der Waals surface area contributed by atoms with Crippen molar-refractivity contribution in [3.63, 3.8) is 0 Å². The second-order valence-corrected chi connectivity index (χ2v) is 9.20. The molecule has 7 heteroatoms. The maximum atomic E-state index is 13.9. The Bertz CT molecular complexity index is 1600. The molecule has 2 N–H and O–H groups in total. The molecule has 0 saturated carbocycles. The molecule has 0 radical (unpaired) electrons. The van der Waals surface area contributed by atoms with E-state index in [1.165, 1.54) is 0 Å². The minimum atomic E-state index is -0.466. The van der Waals surface area contributed by atoms with E-state index in [1.807, 2.05) is 92.7 Å². The topological polar surface area (TPSA) is 94.4 Å². The fourth-order valence-electron chi connectivity index (χ4n) is 4.80. The van der Waals surface area contributed by atoms with Crippen molar-refractivity contribution in [1.82, 2.24) is 14.5 Å². The lowest BCUT2D eigenvalue weighted by Crippen LogP contribution is -2.41. The van der Waals surface area contributed by atoms with Crippen molar-refractivity contribution in [2.24, 2.45) is 5.73 Å². The summed E-state index contributed by atoms with van der Waals surface area (Å²) in [6.45, 7) is 4.90. The van der Waals surface area contributed by atoms with Gasteiger partial charge in [0.15, 0.2) is 0 Å². The van der Waals surface area contributed by atoms with Gasteiger partial charge >= 0.3 is 0 Å². The monoisotopic (exact) mass is 494 g/mol. The van der Waals surface area contributed by atoms with Crippen LogP contribution in [0.15, 0.2) is 88.1 Å². The average Bonchev–Trinajstić information content (AvgIpc) is 3.30. The fraction of sp³-hybridized carbons (Fsp3) is 0.233. The summed E-state index contributed by atoms with van der Waals surface area (Å²) in [5.41, 5.74) is 9.64. The Hall–Kier alpha value is -4.23. The second-order valence-electron chi connectivity index (χ2n) is 9.20. The van der Waals surface area contributed by atoms with Gasteiger partial charge in [-0.05, 0) is 43.2 Å². The molecule has 1 atom stereocenters. The van der Waals surface area contributed by atoms with Crippen molar-refractivity contribution >= 4 is 28.0 Å². The number of para-hydroxylation sites is 1. The number of aromatic nitrogens is 2. The van der Waals surface area contributed by atoms with Crippen LogP contribution in [0.2, 0.25) is 0 Å². The largest absolute Gasteiger partial charge is 0.448 e. The van der Waals surface area contributed by atoms with E-state index in [1.54, 1.807) is 9.47 Å². The van der Waals surface area contributed by atoms with Crippen molar-refractivity contribution in [1.29, 1.82) is 0 Å². The van der Waals surface area contributed by atoms with Crippen molar-refractivity contribution in [3.8, 4) is 0 Å². The molecule has 5 aromatic rings. The predicted octanol–water partition coefficient (Wildman–Crippen LogP) is 5.05. The number of furan rings is 1. The molecule has 0 fully saturated rings. The third kappa shape index (κ3) is 4.66. The Morgan fingerprint density at radius 2 is 1.73 bits per heavy atom. The zero-order chi connectivity index (χ0) is 25.9.